The van der Waals surface area contributed by atoms with Crippen molar-refractivity contribution in [2.75, 3.05) is 12.4 Å². The predicted molar refractivity (Wildman–Crippen MR) is 80.7 cm³/mol. The van der Waals surface area contributed by atoms with Gasteiger partial charge in [0.15, 0.2) is 5.58 Å². The van der Waals surface area contributed by atoms with Crippen molar-refractivity contribution >= 4 is 34.8 Å². The molecular weight excluding hydrogens is 292 g/mol. The van der Waals surface area contributed by atoms with Crippen molar-refractivity contribution < 1.29 is 13.9 Å². The number of nitrogens with one attached hydrogen (secondary N) is 1. The molecule has 106 valence electrons. The molecule has 0 saturated heterocycles. The Labute approximate surface area is 125 Å². The number of rotatable bonds is 4. The van der Waals surface area contributed by atoms with Gasteiger partial charge in [-0.05, 0) is 36.4 Å². The minimum absolute atomic E-state index is 0.456. The van der Waals surface area contributed by atoms with Gasteiger partial charge in [0.1, 0.15) is 11.3 Å². The van der Waals surface area contributed by atoms with Crippen LogP contribution in [0.25, 0.3) is 22.6 Å². The van der Waals surface area contributed by atoms with Crippen molar-refractivity contribution in [1.29, 1.82) is 0 Å². The molecule has 5 nitrogen and oxygen atoms in total. The number of benzene rings is 2. The highest BCUT2D eigenvalue weighted by molar-refractivity contribution is 6.32. The lowest BCUT2D eigenvalue weighted by Gasteiger charge is -2.03. The van der Waals surface area contributed by atoms with E-state index in [-0.39, 0.29) is 0 Å². The summed E-state index contributed by atoms with van der Waals surface area (Å²) >= 11 is 6.10. The summed E-state index contributed by atoms with van der Waals surface area (Å²) in [6, 6.07) is 10.5. The molecule has 0 aliphatic carbocycles. The van der Waals surface area contributed by atoms with Crippen LogP contribution in [0.15, 0.2) is 40.8 Å². The number of amides is 1. The van der Waals surface area contributed by atoms with Crippen molar-refractivity contribution in [3.63, 3.8) is 0 Å². The molecule has 1 heterocycles. The number of hydrogen-bond acceptors (Lipinski definition) is 4. The zero-order valence-electron chi connectivity index (χ0n) is 11.1. The molecule has 3 aromatic rings. The van der Waals surface area contributed by atoms with Crippen LogP contribution in [0.2, 0.25) is 5.02 Å². The second-order valence-electron chi connectivity index (χ2n) is 4.31. The Hall–Kier alpha value is -2.53. The van der Waals surface area contributed by atoms with E-state index in [9.17, 15) is 4.79 Å². The average molecular weight is 303 g/mol. The third kappa shape index (κ3) is 2.55. The van der Waals surface area contributed by atoms with Crippen molar-refractivity contribution in [2.45, 2.75) is 0 Å². The Kier molecular flexibility index (Phi) is 3.50. The van der Waals surface area contributed by atoms with Crippen LogP contribution >= 0.6 is 11.6 Å². The maximum absolute atomic E-state index is 10.5. The number of carbonyl (C=O) groups excluding carboxylic acids is 1. The highest BCUT2D eigenvalue weighted by Crippen LogP contribution is 2.31. The van der Waals surface area contributed by atoms with Crippen LogP contribution in [-0.4, -0.2) is 18.5 Å². The highest BCUT2D eigenvalue weighted by Gasteiger charge is 2.11. The molecule has 0 atom stereocenters. The highest BCUT2D eigenvalue weighted by atomic mass is 35.5. The van der Waals surface area contributed by atoms with Gasteiger partial charge in [0.05, 0.1) is 12.1 Å². The van der Waals surface area contributed by atoms with Gasteiger partial charge < -0.3 is 14.5 Å². The molecule has 0 aliphatic rings. The second kappa shape index (κ2) is 5.46. The van der Waals surface area contributed by atoms with Gasteiger partial charge in [-0.15, -0.1) is 0 Å². The van der Waals surface area contributed by atoms with Gasteiger partial charge >= 0.3 is 0 Å². The monoisotopic (exact) mass is 302 g/mol. The molecule has 0 unspecified atom stereocenters. The number of anilines is 1. The average Bonchev–Trinajstić information content (AvgIpc) is 2.90. The molecule has 21 heavy (non-hydrogen) atoms. The summed E-state index contributed by atoms with van der Waals surface area (Å²) in [4.78, 5) is 14.9. The third-order valence-electron chi connectivity index (χ3n) is 3.01. The predicted octanol–water partition coefficient (Wildman–Crippen LogP) is 3.73. The fraction of sp³-hybridized carbons (Fsp3) is 0.0667. The van der Waals surface area contributed by atoms with Crippen LogP contribution in [0.1, 0.15) is 0 Å². The topological polar surface area (TPSA) is 64.4 Å². The Morgan fingerprint density at radius 2 is 2.14 bits per heavy atom. The van der Waals surface area contributed by atoms with Gasteiger partial charge in [0, 0.05) is 11.3 Å². The molecule has 1 amide bonds. The maximum Gasteiger partial charge on any atom is 0.227 e. The zero-order valence-corrected chi connectivity index (χ0v) is 11.8. The molecule has 0 fully saturated rings. The van der Waals surface area contributed by atoms with Gasteiger partial charge in [-0.1, -0.05) is 11.6 Å². The first kappa shape index (κ1) is 13.5. The first-order valence-corrected chi connectivity index (χ1v) is 6.54. The molecular formula is C15H11ClN2O3. The van der Waals surface area contributed by atoms with E-state index in [4.69, 9.17) is 20.8 Å². The summed E-state index contributed by atoms with van der Waals surface area (Å²) in [6.07, 6.45) is 0.616. The molecule has 0 radical (unpaired) electrons. The summed E-state index contributed by atoms with van der Waals surface area (Å²) in [5.74, 6) is 1.05. The minimum Gasteiger partial charge on any atom is -0.495 e. The van der Waals surface area contributed by atoms with E-state index in [0.717, 1.165) is 5.56 Å². The summed E-state index contributed by atoms with van der Waals surface area (Å²) in [6.45, 7) is 0. The van der Waals surface area contributed by atoms with E-state index < -0.39 is 0 Å². The molecule has 6 heteroatoms. The molecule has 1 aromatic heterocycles. The number of nitrogens with zero attached hydrogens (tertiary/aromatic N) is 1. The number of methoxy groups -OCH3 is 1. The molecule has 3 rings (SSSR count). The lowest BCUT2D eigenvalue weighted by molar-refractivity contribution is -0.105. The number of oxazole rings is 1. The van der Waals surface area contributed by atoms with Gasteiger partial charge in [0.2, 0.25) is 12.3 Å². The summed E-state index contributed by atoms with van der Waals surface area (Å²) in [7, 11) is 1.56. The number of aromatic nitrogens is 1. The van der Waals surface area contributed by atoms with E-state index in [0.29, 0.717) is 39.9 Å². The number of hydrogen-bond donors (Lipinski definition) is 1. The lowest BCUT2D eigenvalue weighted by Crippen LogP contribution is -1.92. The van der Waals surface area contributed by atoms with E-state index >= 15 is 0 Å². The Morgan fingerprint density at radius 3 is 2.86 bits per heavy atom. The Bertz CT molecular complexity index is 814. The largest absolute Gasteiger partial charge is 0.495 e. The molecule has 1 N–H and O–H groups in total. The van der Waals surface area contributed by atoms with E-state index in [1.807, 2.05) is 6.07 Å². The molecule has 0 spiro atoms. The van der Waals surface area contributed by atoms with Crippen molar-refractivity contribution in [2.24, 2.45) is 0 Å². The second-order valence-corrected chi connectivity index (χ2v) is 4.72. The minimum atomic E-state index is 0.456. The van der Waals surface area contributed by atoms with Crippen molar-refractivity contribution in [1.82, 2.24) is 4.98 Å². The van der Waals surface area contributed by atoms with Crippen LogP contribution in [0.5, 0.6) is 5.75 Å². The van der Waals surface area contributed by atoms with Gasteiger partial charge in [0.25, 0.3) is 0 Å². The molecule has 2 aromatic carbocycles. The first-order valence-electron chi connectivity index (χ1n) is 6.16. The van der Waals surface area contributed by atoms with E-state index in [2.05, 4.69) is 10.3 Å². The van der Waals surface area contributed by atoms with Crippen LogP contribution in [0.4, 0.5) is 5.69 Å². The first-order chi connectivity index (χ1) is 10.2. The van der Waals surface area contributed by atoms with Crippen molar-refractivity contribution in [3.05, 3.63) is 41.4 Å². The lowest BCUT2D eigenvalue weighted by atomic mass is 10.2. The van der Waals surface area contributed by atoms with Crippen molar-refractivity contribution in [3.8, 4) is 17.2 Å². The SMILES string of the molecule is COc1ccc(-c2nc3cc(NC=O)ccc3o2)cc1Cl. The van der Waals surface area contributed by atoms with Gasteiger partial charge in [-0.3, -0.25) is 4.79 Å². The maximum atomic E-state index is 10.5. The standard InChI is InChI=1S/C15H11ClN2O3/c1-20-13-4-2-9(6-11(13)16)15-18-12-7-10(17-8-19)3-5-14(12)21-15/h2-8H,1H3,(H,17,19). The van der Waals surface area contributed by atoms with Gasteiger partial charge in [-0.2, -0.15) is 0 Å². The summed E-state index contributed by atoms with van der Waals surface area (Å²) in [5.41, 5.74) is 2.70. The fourth-order valence-corrected chi connectivity index (χ4v) is 2.27. The quantitative estimate of drug-likeness (QED) is 0.746. The third-order valence-corrected chi connectivity index (χ3v) is 3.31. The molecule has 0 saturated carbocycles. The summed E-state index contributed by atoms with van der Waals surface area (Å²) < 4.78 is 10.8. The molecule has 0 bridgehead atoms. The zero-order chi connectivity index (χ0) is 14.8. The fourth-order valence-electron chi connectivity index (χ4n) is 2.01. The number of fused-ring (bicyclic) bond motifs is 1. The Balaban J connectivity index is 2.04. The van der Waals surface area contributed by atoms with Crippen LogP contribution in [-0.2, 0) is 4.79 Å². The van der Waals surface area contributed by atoms with Crippen LogP contribution in [0.3, 0.4) is 0 Å². The van der Waals surface area contributed by atoms with Crippen LogP contribution < -0.4 is 10.1 Å². The summed E-state index contributed by atoms with van der Waals surface area (Å²) in [5, 5.41) is 3.06. The van der Waals surface area contributed by atoms with Gasteiger partial charge in [-0.25, -0.2) is 4.98 Å². The smallest absolute Gasteiger partial charge is 0.227 e. The number of ether oxygens (including phenoxy) is 1. The number of halogens is 1. The van der Waals surface area contributed by atoms with E-state index in [1.54, 1.807) is 37.4 Å². The van der Waals surface area contributed by atoms with E-state index in [1.165, 1.54) is 0 Å². The molecule has 0 aliphatic heterocycles. The normalized spacial score (nSPS) is 10.6. The Morgan fingerprint density at radius 1 is 1.29 bits per heavy atom. The van der Waals surface area contributed by atoms with Crippen LogP contribution in [0, 0.1) is 0 Å². The number of carbonyl (C=O) groups is 1.